The van der Waals surface area contributed by atoms with Gasteiger partial charge < -0.3 is 4.90 Å². The number of rotatable bonds is 1. The topological polar surface area (TPSA) is 49.4 Å². The van der Waals surface area contributed by atoms with E-state index in [1.165, 1.54) is 19.3 Å². The Kier molecular flexibility index (Phi) is 3.92. The Morgan fingerprint density at radius 2 is 2.00 bits per heavy atom. The summed E-state index contributed by atoms with van der Waals surface area (Å²) in [5.41, 5.74) is 0. The summed E-state index contributed by atoms with van der Waals surface area (Å²) >= 11 is 5.63. The molecule has 2 fully saturated rings. The van der Waals surface area contributed by atoms with E-state index in [4.69, 9.17) is 11.6 Å². The van der Waals surface area contributed by atoms with Crippen molar-refractivity contribution in [1.82, 2.24) is 10.2 Å². The summed E-state index contributed by atoms with van der Waals surface area (Å²) in [6, 6.07) is 0.0686. The molecule has 2 rings (SSSR count). The predicted molar refractivity (Wildman–Crippen MR) is 65.9 cm³/mol. The zero-order chi connectivity index (χ0) is 12.4. The van der Waals surface area contributed by atoms with Gasteiger partial charge in [-0.2, -0.15) is 0 Å². The van der Waals surface area contributed by atoms with E-state index < -0.39 is 11.3 Å². The van der Waals surface area contributed by atoms with Crippen LogP contribution >= 0.6 is 11.6 Å². The summed E-state index contributed by atoms with van der Waals surface area (Å²) in [5, 5.41) is 1.71. The number of hydrogen-bond donors (Lipinski definition) is 1. The lowest BCUT2D eigenvalue weighted by atomic mass is 9.85. The first kappa shape index (κ1) is 12.7. The van der Waals surface area contributed by atoms with Gasteiger partial charge in [0, 0.05) is 12.6 Å². The smallest absolute Gasteiger partial charge is 0.321 e. The van der Waals surface area contributed by atoms with E-state index in [1.807, 2.05) is 4.90 Å². The van der Waals surface area contributed by atoms with Crippen LogP contribution in [-0.4, -0.2) is 34.8 Å². The van der Waals surface area contributed by atoms with Gasteiger partial charge in [0.1, 0.15) is 5.38 Å². The van der Waals surface area contributed by atoms with Crippen LogP contribution in [0.3, 0.4) is 0 Å². The van der Waals surface area contributed by atoms with Crippen LogP contribution in [0.15, 0.2) is 0 Å². The molecule has 1 saturated carbocycles. The minimum absolute atomic E-state index is 0.267. The molecule has 1 aliphatic heterocycles. The molecule has 2 aliphatic rings. The third-order valence-electron chi connectivity index (χ3n) is 3.86. The van der Waals surface area contributed by atoms with E-state index >= 15 is 0 Å². The number of carbonyl (C=O) groups excluding carboxylic acids is 2. The second kappa shape index (κ2) is 5.25. The Bertz CT molecular complexity index is 320. The molecule has 1 saturated heterocycles. The second-order valence-corrected chi connectivity index (χ2v) is 5.66. The molecule has 0 aromatic carbocycles. The van der Waals surface area contributed by atoms with Crippen molar-refractivity contribution >= 4 is 23.5 Å². The van der Waals surface area contributed by atoms with Gasteiger partial charge in [0.15, 0.2) is 0 Å². The minimum Gasteiger partial charge on any atom is -0.321 e. The minimum atomic E-state index is -0.663. The lowest BCUT2D eigenvalue weighted by Gasteiger charge is -2.31. The molecule has 17 heavy (non-hydrogen) atoms. The van der Waals surface area contributed by atoms with E-state index in [0.29, 0.717) is 12.0 Å². The highest BCUT2D eigenvalue weighted by Gasteiger charge is 2.38. The van der Waals surface area contributed by atoms with Crippen LogP contribution in [-0.2, 0) is 4.79 Å². The van der Waals surface area contributed by atoms with Crippen molar-refractivity contribution in [2.75, 3.05) is 6.54 Å². The number of fused-ring (bicyclic) bond motifs is 1. The Labute approximate surface area is 107 Å². The van der Waals surface area contributed by atoms with Crippen LogP contribution in [0.1, 0.15) is 39.0 Å². The second-order valence-electron chi connectivity index (χ2n) is 5.00. The number of halogens is 1. The van der Waals surface area contributed by atoms with Crippen LogP contribution < -0.4 is 5.32 Å². The molecule has 0 spiro atoms. The van der Waals surface area contributed by atoms with Gasteiger partial charge in [0.2, 0.25) is 5.91 Å². The molecule has 0 aromatic rings. The fraction of sp³-hybridized carbons (Fsp3) is 0.833. The molecule has 0 radical (unpaired) electrons. The predicted octanol–water partition coefficient (Wildman–Crippen LogP) is 2.11. The first-order valence-electron chi connectivity index (χ1n) is 6.35. The van der Waals surface area contributed by atoms with E-state index in [0.717, 1.165) is 19.4 Å². The largest absolute Gasteiger partial charge is 0.324 e. The summed E-state index contributed by atoms with van der Waals surface area (Å²) in [4.78, 5) is 25.2. The molecule has 0 aromatic heterocycles. The highest BCUT2D eigenvalue weighted by Crippen LogP contribution is 2.35. The normalized spacial score (nSPS) is 29.6. The molecule has 1 aliphatic carbocycles. The Balaban J connectivity index is 1.93. The number of amides is 3. The van der Waals surface area contributed by atoms with Gasteiger partial charge in [0.25, 0.3) is 0 Å². The highest BCUT2D eigenvalue weighted by atomic mass is 35.5. The lowest BCUT2D eigenvalue weighted by Crippen LogP contribution is -2.48. The lowest BCUT2D eigenvalue weighted by molar-refractivity contribution is -0.119. The Morgan fingerprint density at radius 3 is 2.71 bits per heavy atom. The molecule has 3 unspecified atom stereocenters. The number of urea groups is 1. The van der Waals surface area contributed by atoms with Crippen molar-refractivity contribution in [1.29, 1.82) is 0 Å². The maximum atomic E-state index is 12.0. The van der Waals surface area contributed by atoms with Crippen LogP contribution in [0.2, 0.25) is 0 Å². The molecule has 3 amide bonds. The summed E-state index contributed by atoms with van der Waals surface area (Å²) < 4.78 is 0. The van der Waals surface area contributed by atoms with Crippen LogP contribution in [0, 0.1) is 5.92 Å². The number of hydrogen-bond acceptors (Lipinski definition) is 2. The average molecular weight is 259 g/mol. The first-order chi connectivity index (χ1) is 8.09. The molecule has 3 atom stereocenters. The first-order valence-corrected chi connectivity index (χ1v) is 6.79. The van der Waals surface area contributed by atoms with Gasteiger partial charge in [-0.25, -0.2) is 4.79 Å². The van der Waals surface area contributed by atoms with Gasteiger partial charge >= 0.3 is 6.03 Å². The van der Waals surface area contributed by atoms with Gasteiger partial charge in [-0.15, -0.1) is 11.6 Å². The monoisotopic (exact) mass is 258 g/mol. The quantitative estimate of drug-likeness (QED) is 0.733. The molecule has 5 heteroatoms. The number of carbonyl (C=O) groups is 2. The van der Waals surface area contributed by atoms with Crippen molar-refractivity contribution < 1.29 is 9.59 Å². The maximum absolute atomic E-state index is 12.0. The summed E-state index contributed by atoms with van der Waals surface area (Å²) in [6.45, 7) is 2.34. The average Bonchev–Trinajstić information content (AvgIpc) is 2.72. The standard InChI is InChI=1S/C12H19ClN2O2/c1-8(13)11(16)14-12(17)15-7-6-9-4-2-3-5-10(9)15/h8-10H,2-7H2,1H3,(H,14,16,17). The molecule has 1 heterocycles. The summed E-state index contributed by atoms with van der Waals surface area (Å²) in [5.74, 6) is 0.231. The van der Waals surface area contributed by atoms with Crippen molar-refractivity contribution in [3.05, 3.63) is 0 Å². The molecular formula is C12H19ClN2O2. The van der Waals surface area contributed by atoms with E-state index in [2.05, 4.69) is 5.32 Å². The zero-order valence-electron chi connectivity index (χ0n) is 10.1. The molecule has 0 bridgehead atoms. The van der Waals surface area contributed by atoms with E-state index in [-0.39, 0.29) is 6.03 Å². The molecule has 1 N–H and O–H groups in total. The van der Waals surface area contributed by atoms with Crippen molar-refractivity contribution in [3.63, 3.8) is 0 Å². The number of alkyl halides is 1. The molecule has 4 nitrogen and oxygen atoms in total. The fourth-order valence-corrected chi connectivity index (χ4v) is 2.99. The molecular weight excluding hydrogens is 240 g/mol. The van der Waals surface area contributed by atoms with Crippen molar-refractivity contribution in [3.8, 4) is 0 Å². The number of likely N-dealkylation sites (tertiary alicyclic amines) is 1. The Morgan fingerprint density at radius 1 is 1.29 bits per heavy atom. The van der Waals surface area contributed by atoms with Gasteiger partial charge in [-0.1, -0.05) is 12.8 Å². The highest BCUT2D eigenvalue weighted by molar-refractivity contribution is 6.31. The van der Waals surface area contributed by atoms with E-state index in [9.17, 15) is 9.59 Å². The third kappa shape index (κ3) is 2.73. The van der Waals surface area contributed by atoms with Gasteiger partial charge in [0.05, 0.1) is 0 Å². The molecule has 96 valence electrons. The van der Waals surface area contributed by atoms with Crippen LogP contribution in [0.25, 0.3) is 0 Å². The third-order valence-corrected chi connectivity index (χ3v) is 4.06. The van der Waals surface area contributed by atoms with E-state index in [1.54, 1.807) is 6.92 Å². The Hall–Kier alpha value is -0.770. The number of nitrogens with zero attached hydrogens (tertiary/aromatic N) is 1. The van der Waals surface area contributed by atoms with Gasteiger partial charge in [-0.05, 0) is 32.1 Å². The van der Waals surface area contributed by atoms with Crippen LogP contribution in [0.5, 0.6) is 0 Å². The fourth-order valence-electron chi connectivity index (χ4n) is 2.93. The number of nitrogens with one attached hydrogen (secondary N) is 1. The summed E-state index contributed by atoms with van der Waals surface area (Å²) in [6.07, 6.45) is 5.82. The van der Waals surface area contributed by atoms with Gasteiger partial charge in [-0.3, -0.25) is 10.1 Å². The SMILES string of the molecule is CC(Cl)C(=O)NC(=O)N1CCC2CCCCC21. The zero-order valence-corrected chi connectivity index (χ0v) is 10.9. The van der Waals surface area contributed by atoms with Crippen molar-refractivity contribution in [2.24, 2.45) is 5.92 Å². The number of imide groups is 1. The maximum Gasteiger partial charge on any atom is 0.324 e. The van der Waals surface area contributed by atoms with Crippen LogP contribution in [0.4, 0.5) is 4.79 Å². The van der Waals surface area contributed by atoms with Crippen molar-refractivity contribution in [2.45, 2.75) is 50.4 Å². The summed E-state index contributed by atoms with van der Waals surface area (Å²) in [7, 11) is 0.